The number of nitrogens with zero attached hydrogens (tertiary/aromatic N) is 3. The van der Waals surface area contributed by atoms with Crippen LogP contribution in [0.25, 0.3) is 80.7 Å². The van der Waals surface area contributed by atoms with E-state index in [9.17, 15) is 0 Å². The average molecular weight is 749 g/mol. The van der Waals surface area contributed by atoms with Gasteiger partial charge in [0.05, 0.1) is 16.6 Å². The summed E-state index contributed by atoms with van der Waals surface area (Å²) in [5.74, 6) is 1.42. The molecule has 0 amide bonds. The molecule has 268 valence electrons. The zero-order valence-electron chi connectivity index (χ0n) is 30.6. The lowest BCUT2D eigenvalue weighted by molar-refractivity contribution is 0.663. The first-order valence-corrected chi connectivity index (χ1v) is 20.0. The maximum Gasteiger partial charge on any atom is 0.163 e. The summed E-state index contributed by atoms with van der Waals surface area (Å²) in [5, 5.41) is 10.8. The molecule has 8 aromatic carbocycles. The molecule has 1 aliphatic rings. The smallest absolute Gasteiger partial charge is 0.163 e. The second-order valence-corrected chi connectivity index (χ2v) is 15.7. The van der Waals surface area contributed by atoms with Crippen LogP contribution in [0.3, 0.4) is 0 Å². The highest BCUT2D eigenvalue weighted by atomic mass is 32.1. The minimum atomic E-state index is -0.288. The maximum atomic E-state index is 6.64. The van der Waals surface area contributed by atoms with Crippen molar-refractivity contribution in [1.82, 2.24) is 9.88 Å². The molecule has 1 unspecified atom stereocenters. The Morgan fingerprint density at radius 2 is 1.16 bits per heavy atom. The molecular weight excluding hydrogens is 717 g/mol. The molecule has 1 N–H and O–H groups in total. The van der Waals surface area contributed by atoms with Crippen LogP contribution in [0.2, 0.25) is 0 Å². The van der Waals surface area contributed by atoms with Gasteiger partial charge in [0, 0.05) is 53.0 Å². The molecular formula is C51H32N4OS. The van der Waals surface area contributed by atoms with Crippen molar-refractivity contribution in [1.29, 1.82) is 0 Å². The number of fused-ring (bicyclic) bond motifs is 9. The van der Waals surface area contributed by atoms with E-state index in [0.29, 0.717) is 5.84 Å². The molecule has 1 aliphatic heterocycles. The van der Waals surface area contributed by atoms with Crippen molar-refractivity contribution in [3.63, 3.8) is 0 Å². The van der Waals surface area contributed by atoms with Gasteiger partial charge < -0.3 is 14.3 Å². The number of para-hydroxylation sites is 3. The first-order valence-electron chi connectivity index (χ1n) is 19.2. The Morgan fingerprint density at radius 1 is 0.509 bits per heavy atom. The summed E-state index contributed by atoms with van der Waals surface area (Å²) in [4.78, 5) is 10.2. The Balaban J connectivity index is 0.942. The van der Waals surface area contributed by atoms with Crippen LogP contribution in [0.4, 0.5) is 0 Å². The SMILES string of the molecule is c1ccc(C2=NC(c3cccc4c3oc3ccc(-c5ccc6c(c5)sc5cc(-n7c8ccccc8c8ccccc87)ccc56)cc34)=NC(c3ccccc3)N2)cc1. The third-order valence-electron chi connectivity index (χ3n) is 11.3. The van der Waals surface area contributed by atoms with E-state index >= 15 is 0 Å². The summed E-state index contributed by atoms with van der Waals surface area (Å²) < 4.78 is 11.6. The van der Waals surface area contributed by atoms with Gasteiger partial charge in [0.1, 0.15) is 23.2 Å². The van der Waals surface area contributed by atoms with Gasteiger partial charge in [0.15, 0.2) is 5.84 Å². The summed E-state index contributed by atoms with van der Waals surface area (Å²) in [6, 6.07) is 64.4. The van der Waals surface area contributed by atoms with Gasteiger partial charge in [-0.15, -0.1) is 11.3 Å². The third kappa shape index (κ3) is 5.15. The summed E-state index contributed by atoms with van der Waals surface area (Å²) in [6.07, 6.45) is -0.288. The fraction of sp³-hybridized carbons (Fsp3) is 0.0196. The van der Waals surface area contributed by atoms with Crippen LogP contribution in [-0.2, 0) is 0 Å². The van der Waals surface area contributed by atoms with Gasteiger partial charge in [-0.25, -0.2) is 9.98 Å². The number of nitrogens with one attached hydrogen (secondary N) is 1. The Kier molecular flexibility index (Phi) is 7.09. The van der Waals surface area contributed by atoms with Gasteiger partial charge in [-0.05, 0) is 65.2 Å². The van der Waals surface area contributed by atoms with Gasteiger partial charge in [-0.2, -0.15) is 0 Å². The molecule has 4 heterocycles. The lowest BCUT2D eigenvalue weighted by atomic mass is 10.0. The second kappa shape index (κ2) is 12.6. The maximum absolute atomic E-state index is 6.64. The Labute approximate surface area is 331 Å². The summed E-state index contributed by atoms with van der Waals surface area (Å²) in [5.41, 5.74) is 10.5. The molecule has 11 aromatic rings. The Bertz CT molecular complexity index is 3390. The normalized spacial score (nSPS) is 14.5. The van der Waals surface area contributed by atoms with Crippen LogP contribution in [-0.4, -0.2) is 16.2 Å². The molecule has 0 bridgehead atoms. The minimum absolute atomic E-state index is 0.288. The van der Waals surface area contributed by atoms with Crippen LogP contribution in [0.5, 0.6) is 0 Å². The lowest BCUT2D eigenvalue weighted by Crippen LogP contribution is -2.33. The quantitative estimate of drug-likeness (QED) is 0.191. The molecule has 57 heavy (non-hydrogen) atoms. The first-order chi connectivity index (χ1) is 28.2. The van der Waals surface area contributed by atoms with Crippen molar-refractivity contribution in [2.75, 3.05) is 0 Å². The van der Waals surface area contributed by atoms with E-state index in [4.69, 9.17) is 14.4 Å². The van der Waals surface area contributed by atoms with Crippen molar-refractivity contribution in [2.24, 2.45) is 9.98 Å². The molecule has 0 aliphatic carbocycles. The van der Waals surface area contributed by atoms with E-state index < -0.39 is 0 Å². The lowest BCUT2D eigenvalue weighted by Gasteiger charge is -2.23. The summed E-state index contributed by atoms with van der Waals surface area (Å²) in [7, 11) is 0. The minimum Gasteiger partial charge on any atom is -0.455 e. The van der Waals surface area contributed by atoms with Crippen LogP contribution >= 0.6 is 11.3 Å². The number of thiophene rings is 1. The van der Waals surface area contributed by atoms with Crippen molar-refractivity contribution >= 4 is 86.9 Å². The number of hydrogen-bond donors (Lipinski definition) is 1. The predicted molar refractivity (Wildman–Crippen MR) is 238 cm³/mol. The fourth-order valence-corrected chi connectivity index (χ4v) is 9.74. The number of rotatable bonds is 5. The molecule has 1 atom stereocenters. The predicted octanol–water partition coefficient (Wildman–Crippen LogP) is 13.2. The van der Waals surface area contributed by atoms with Crippen LogP contribution in [0, 0.1) is 0 Å². The number of hydrogen-bond acceptors (Lipinski definition) is 5. The molecule has 0 saturated carbocycles. The molecule has 12 rings (SSSR count). The number of benzene rings is 8. The molecule has 0 saturated heterocycles. The first kappa shape index (κ1) is 32.0. The number of furan rings is 1. The van der Waals surface area contributed by atoms with Crippen molar-refractivity contribution in [3.8, 4) is 16.8 Å². The number of aliphatic imine (C=N–C) groups is 2. The van der Waals surface area contributed by atoms with Crippen molar-refractivity contribution in [3.05, 3.63) is 199 Å². The van der Waals surface area contributed by atoms with Crippen molar-refractivity contribution in [2.45, 2.75) is 6.17 Å². The molecule has 6 heteroatoms. The third-order valence-corrected chi connectivity index (χ3v) is 12.4. The molecule has 5 nitrogen and oxygen atoms in total. The monoisotopic (exact) mass is 748 g/mol. The highest BCUT2D eigenvalue weighted by Crippen LogP contribution is 2.41. The highest BCUT2D eigenvalue weighted by molar-refractivity contribution is 7.25. The average Bonchev–Trinajstić information content (AvgIpc) is 3.95. The van der Waals surface area contributed by atoms with Crippen LogP contribution in [0.1, 0.15) is 22.9 Å². The zero-order chi connectivity index (χ0) is 37.5. The van der Waals surface area contributed by atoms with Gasteiger partial charge >= 0.3 is 0 Å². The molecule has 0 spiro atoms. The molecule has 0 radical (unpaired) electrons. The number of amidine groups is 2. The van der Waals surface area contributed by atoms with Gasteiger partial charge in [-0.1, -0.05) is 133 Å². The Morgan fingerprint density at radius 3 is 1.95 bits per heavy atom. The van der Waals surface area contributed by atoms with E-state index in [1.54, 1.807) is 0 Å². The summed E-state index contributed by atoms with van der Waals surface area (Å²) in [6.45, 7) is 0. The van der Waals surface area contributed by atoms with Gasteiger partial charge in [0.25, 0.3) is 0 Å². The van der Waals surface area contributed by atoms with E-state index in [0.717, 1.165) is 50.0 Å². The van der Waals surface area contributed by atoms with Crippen LogP contribution < -0.4 is 5.32 Å². The second-order valence-electron chi connectivity index (χ2n) is 14.6. The highest BCUT2D eigenvalue weighted by Gasteiger charge is 2.24. The fourth-order valence-electron chi connectivity index (χ4n) is 8.56. The van der Waals surface area contributed by atoms with Gasteiger partial charge in [0.2, 0.25) is 0 Å². The number of aromatic nitrogens is 1. The van der Waals surface area contributed by atoms with E-state index in [1.165, 1.54) is 53.2 Å². The van der Waals surface area contributed by atoms with Crippen molar-refractivity contribution < 1.29 is 4.42 Å². The molecule has 3 aromatic heterocycles. The topological polar surface area (TPSA) is 54.8 Å². The van der Waals surface area contributed by atoms with Gasteiger partial charge in [-0.3, -0.25) is 0 Å². The van der Waals surface area contributed by atoms with E-state index in [1.807, 2.05) is 47.7 Å². The van der Waals surface area contributed by atoms with Crippen LogP contribution in [0.15, 0.2) is 196 Å². The largest absolute Gasteiger partial charge is 0.455 e. The summed E-state index contributed by atoms with van der Waals surface area (Å²) >= 11 is 1.85. The Hall–Kier alpha value is -7.28. The molecule has 0 fully saturated rings. The van der Waals surface area contributed by atoms with E-state index in [-0.39, 0.29) is 6.17 Å². The van der Waals surface area contributed by atoms with E-state index in [2.05, 4.69) is 155 Å². The standard InChI is InChI=1S/C51H32N4OS/c1-3-12-31(13-4-1)49-52-50(32-14-5-2-6-15-32)54-51(53-49)41-19-11-18-40-42-28-33(23-27-45(42)56-48(40)41)34-22-25-38-39-26-24-35(30-47(39)57-46(38)29-34)55-43-20-9-7-16-36(43)37-17-8-10-21-44(37)55/h1-30,49H,(H,52,53,54). The zero-order valence-corrected chi connectivity index (χ0v) is 31.4.